The van der Waals surface area contributed by atoms with Crippen LogP contribution in [-0.2, 0) is 11.2 Å². The Morgan fingerprint density at radius 2 is 2.07 bits per heavy atom. The Morgan fingerprint density at radius 1 is 1.43 bits per heavy atom. The van der Waals surface area contributed by atoms with Crippen molar-refractivity contribution in [1.29, 1.82) is 5.41 Å². The number of benzene rings is 1. The monoisotopic (exact) mass is 191 g/mol. The molecule has 0 fully saturated rings. The number of nitrogens with one attached hydrogen (secondary N) is 1. The van der Waals surface area contributed by atoms with E-state index >= 15 is 0 Å². The smallest absolute Gasteiger partial charge is 0.307 e. The van der Waals surface area contributed by atoms with Crippen molar-refractivity contribution >= 4 is 12.2 Å². The molecule has 14 heavy (non-hydrogen) atoms. The summed E-state index contributed by atoms with van der Waals surface area (Å²) >= 11 is 0. The fourth-order valence-electron chi connectivity index (χ4n) is 1.31. The summed E-state index contributed by atoms with van der Waals surface area (Å²) in [5.41, 5.74) is 1.00. The van der Waals surface area contributed by atoms with E-state index in [9.17, 15) is 4.79 Å². The summed E-state index contributed by atoms with van der Waals surface area (Å²) in [6, 6.07) is 9.48. The lowest BCUT2D eigenvalue weighted by Crippen LogP contribution is -2.16. The Labute approximate surface area is 82.9 Å². The summed E-state index contributed by atoms with van der Waals surface area (Å²) in [6.45, 7) is 0. The summed E-state index contributed by atoms with van der Waals surface area (Å²) in [5.74, 6) is -1.31. The van der Waals surface area contributed by atoms with E-state index < -0.39 is 11.9 Å². The highest BCUT2D eigenvalue weighted by Crippen LogP contribution is 2.11. The predicted octanol–water partition coefficient (Wildman–Crippen LogP) is 1.97. The molecule has 0 amide bonds. The molecule has 2 N–H and O–H groups in total. The lowest BCUT2D eigenvalue weighted by molar-refractivity contribution is -0.141. The number of hydrogen-bond donors (Lipinski definition) is 2. The van der Waals surface area contributed by atoms with E-state index in [4.69, 9.17) is 10.5 Å². The first-order valence-corrected chi connectivity index (χ1v) is 4.49. The summed E-state index contributed by atoms with van der Waals surface area (Å²) in [7, 11) is 0. The maximum absolute atomic E-state index is 10.8. The largest absolute Gasteiger partial charge is 0.481 e. The van der Waals surface area contributed by atoms with E-state index in [1.54, 1.807) is 0 Å². The van der Waals surface area contributed by atoms with Crippen LogP contribution in [0, 0.1) is 11.3 Å². The normalized spacial score (nSPS) is 12.0. The van der Waals surface area contributed by atoms with Gasteiger partial charge in [-0.3, -0.25) is 4.79 Å². The number of carbonyl (C=O) groups is 1. The number of rotatable bonds is 5. The Bertz CT molecular complexity index is 308. The molecule has 0 aliphatic carbocycles. The molecule has 1 unspecified atom stereocenters. The maximum Gasteiger partial charge on any atom is 0.307 e. The molecular formula is C11H13NO2. The van der Waals surface area contributed by atoms with Crippen molar-refractivity contribution in [3.8, 4) is 0 Å². The molecule has 3 nitrogen and oxygen atoms in total. The first kappa shape index (κ1) is 10.4. The number of aliphatic carboxylic acids is 1. The second-order valence-electron chi connectivity index (χ2n) is 3.16. The van der Waals surface area contributed by atoms with E-state index in [-0.39, 0.29) is 0 Å². The SMILES string of the molecule is N=CCC(Cc1ccccc1)C(=O)O. The molecule has 3 heteroatoms. The average molecular weight is 191 g/mol. The van der Waals surface area contributed by atoms with E-state index in [0.29, 0.717) is 12.8 Å². The van der Waals surface area contributed by atoms with E-state index in [1.807, 2.05) is 30.3 Å². The summed E-state index contributed by atoms with van der Waals surface area (Å²) in [4.78, 5) is 10.8. The van der Waals surface area contributed by atoms with Crippen molar-refractivity contribution in [2.45, 2.75) is 12.8 Å². The molecule has 1 aromatic carbocycles. The van der Waals surface area contributed by atoms with Crippen molar-refractivity contribution < 1.29 is 9.90 Å². The first-order chi connectivity index (χ1) is 6.74. The van der Waals surface area contributed by atoms with Crippen LogP contribution < -0.4 is 0 Å². The van der Waals surface area contributed by atoms with Crippen LogP contribution in [0.25, 0.3) is 0 Å². The molecule has 0 saturated carbocycles. The van der Waals surface area contributed by atoms with Gasteiger partial charge in [0, 0.05) is 0 Å². The summed E-state index contributed by atoms with van der Waals surface area (Å²) in [6.07, 6.45) is 1.94. The highest BCUT2D eigenvalue weighted by atomic mass is 16.4. The summed E-state index contributed by atoms with van der Waals surface area (Å²) < 4.78 is 0. The van der Waals surface area contributed by atoms with Gasteiger partial charge in [0.2, 0.25) is 0 Å². The van der Waals surface area contributed by atoms with Crippen LogP contribution >= 0.6 is 0 Å². The van der Waals surface area contributed by atoms with Crippen molar-refractivity contribution in [3.63, 3.8) is 0 Å². The van der Waals surface area contributed by atoms with Gasteiger partial charge in [0.25, 0.3) is 0 Å². The van der Waals surface area contributed by atoms with Gasteiger partial charge in [-0.1, -0.05) is 30.3 Å². The fourth-order valence-corrected chi connectivity index (χ4v) is 1.31. The van der Waals surface area contributed by atoms with E-state index in [1.165, 1.54) is 0 Å². The molecular weight excluding hydrogens is 178 g/mol. The van der Waals surface area contributed by atoms with Gasteiger partial charge in [-0.05, 0) is 24.6 Å². The molecule has 0 spiro atoms. The standard InChI is InChI=1S/C11H13NO2/c12-7-6-10(11(13)14)8-9-4-2-1-3-5-9/h1-5,7,10,12H,6,8H2,(H,13,14). The van der Waals surface area contributed by atoms with Crippen LogP contribution in [0.5, 0.6) is 0 Å². The Balaban J connectivity index is 2.64. The highest BCUT2D eigenvalue weighted by molar-refractivity contribution is 5.74. The van der Waals surface area contributed by atoms with Crippen LogP contribution in [0.3, 0.4) is 0 Å². The fraction of sp³-hybridized carbons (Fsp3) is 0.273. The van der Waals surface area contributed by atoms with Gasteiger partial charge in [-0.25, -0.2) is 0 Å². The Hall–Kier alpha value is -1.64. The third kappa shape index (κ3) is 3.01. The lowest BCUT2D eigenvalue weighted by atomic mass is 9.97. The second kappa shape index (κ2) is 5.17. The number of hydrogen-bond acceptors (Lipinski definition) is 2. The highest BCUT2D eigenvalue weighted by Gasteiger charge is 2.16. The van der Waals surface area contributed by atoms with Crippen LogP contribution in [0.15, 0.2) is 30.3 Å². The van der Waals surface area contributed by atoms with Gasteiger partial charge in [-0.2, -0.15) is 0 Å². The van der Waals surface area contributed by atoms with Gasteiger partial charge in [0.15, 0.2) is 0 Å². The maximum atomic E-state index is 10.8. The third-order valence-corrected chi connectivity index (χ3v) is 2.08. The van der Waals surface area contributed by atoms with Crippen molar-refractivity contribution in [2.75, 3.05) is 0 Å². The van der Waals surface area contributed by atoms with Crippen molar-refractivity contribution in [1.82, 2.24) is 0 Å². The van der Waals surface area contributed by atoms with Crippen LogP contribution in [-0.4, -0.2) is 17.3 Å². The average Bonchev–Trinajstić information content (AvgIpc) is 2.18. The number of carboxylic acid groups (broad SMARTS) is 1. The molecule has 0 aromatic heterocycles. The summed E-state index contributed by atoms with van der Waals surface area (Å²) in [5, 5.41) is 15.8. The molecule has 74 valence electrons. The van der Waals surface area contributed by atoms with Gasteiger partial charge >= 0.3 is 5.97 Å². The molecule has 0 saturated heterocycles. The zero-order valence-corrected chi connectivity index (χ0v) is 7.81. The molecule has 0 aliphatic heterocycles. The van der Waals surface area contributed by atoms with Gasteiger partial charge in [-0.15, -0.1) is 0 Å². The van der Waals surface area contributed by atoms with Gasteiger partial charge in [0.1, 0.15) is 0 Å². The molecule has 1 aromatic rings. The molecule has 1 atom stereocenters. The van der Waals surface area contributed by atoms with Crippen molar-refractivity contribution in [3.05, 3.63) is 35.9 Å². The first-order valence-electron chi connectivity index (χ1n) is 4.49. The molecule has 0 radical (unpaired) electrons. The molecule has 0 bridgehead atoms. The minimum absolute atomic E-state index is 0.296. The second-order valence-corrected chi connectivity index (χ2v) is 3.16. The molecule has 0 aliphatic rings. The Morgan fingerprint density at radius 3 is 2.57 bits per heavy atom. The Kier molecular flexibility index (Phi) is 3.85. The topological polar surface area (TPSA) is 61.2 Å². The van der Waals surface area contributed by atoms with E-state index in [2.05, 4.69) is 0 Å². The quantitative estimate of drug-likeness (QED) is 0.699. The molecule has 0 heterocycles. The zero-order chi connectivity index (χ0) is 10.4. The zero-order valence-electron chi connectivity index (χ0n) is 7.81. The third-order valence-electron chi connectivity index (χ3n) is 2.08. The molecule has 1 rings (SSSR count). The number of carboxylic acids is 1. The van der Waals surface area contributed by atoms with E-state index in [0.717, 1.165) is 11.8 Å². The van der Waals surface area contributed by atoms with Gasteiger partial charge in [0.05, 0.1) is 5.92 Å². The van der Waals surface area contributed by atoms with Crippen LogP contribution in [0.1, 0.15) is 12.0 Å². The minimum Gasteiger partial charge on any atom is -0.481 e. The predicted molar refractivity (Wildman–Crippen MR) is 54.7 cm³/mol. The lowest BCUT2D eigenvalue weighted by Gasteiger charge is -2.08. The van der Waals surface area contributed by atoms with Crippen LogP contribution in [0.2, 0.25) is 0 Å². The van der Waals surface area contributed by atoms with Crippen LogP contribution in [0.4, 0.5) is 0 Å². The van der Waals surface area contributed by atoms with Gasteiger partial charge < -0.3 is 10.5 Å². The minimum atomic E-state index is -0.836. The van der Waals surface area contributed by atoms with Crippen molar-refractivity contribution in [2.24, 2.45) is 5.92 Å².